The molecule has 5 rings (SSSR count). The largest absolute Gasteiger partial charge is 0.381 e. The van der Waals surface area contributed by atoms with Gasteiger partial charge in [-0.2, -0.15) is 4.98 Å². The van der Waals surface area contributed by atoms with Gasteiger partial charge in [-0.25, -0.2) is 13.5 Å². The van der Waals surface area contributed by atoms with Crippen LogP contribution in [-0.4, -0.2) is 65.6 Å². The van der Waals surface area contributed by atoms with Gasteiger partial charge in [0.2, 0.25) is 5.95 Å². The summed E-state index contributed by atoms with van der Waals surface area (Å²) < 4.78 is 33.9. The summed E-state index contributed by atoms with van der Waals surface area (Å²) in [6.45, 7) is 9.03. The molecule has 33 heavy (non-hydrogen) atoms. The van der Waals surface area contributed by atoms with Crippen molar-refractivity contribution < 1.29 is 13.5 Å². The van der Waals surface area contributed by atoms with E-state index in [0.29, 0.717) is 11.9 Å². The zero-order valence-electron chi connectivity index (χ0n) is 18.7. The Hall–Kier alpha value is -3.04. The SMILES string of the molecule is Cc1cc(Nc2ncn(-c3cc(F)cc(F)c3)n2)cc(N2CCN(CC3CCOC3)CC2)c1. The minimum atomic E-state index is -0.657. The summed E-state index contributed by atoms with van der Waals surface area (Å²) in [5.74, 6) is -0.285. The molecule has 2 aromatic carbocycles. The van der Waals surface area contributed by atoms with Crippen molar-refractivity contribution in [3.63, 3.8) is 0 Å². The summed E-state index contributed by atoms with van der Waals surface area (Å²) in [4.78, 5) is 9.19. The van der Waals surface area contributed by atoms with Crippen LogP contribution >= 0.6 is 0 Å². The number of aromatic nitrogens is 3. The Bertz CT molecular complexity index is 1090. The molecule has 174 valence electrons. The molecule has 0 saturated carbocycles. The molecule has 0 amide bonds. The van der Waals surface area contributed by atoms with Crippen molar-refractivity contribution in [2.45, 2.75) is 13.3 Å². The van der Waals surface area contributed by atoms with Crippen LogP contribution in [-0.2, 0) is 4.74 Å². The van der Waals surface area contributed by atoms with Gasteiger partial charge in [-0.05, 0) is 55.2 Å². The van der Waals surface area contributed by atoms with E-state index in [4.69, 9.17) is 4.74 Å². The smallest absolute Gasteiger partial charge is 0.246 e. The molecule has 0 radical (unpaired) electrons. The average molecular weight is 455 g/mol. The summed E-state index contributed by atoms with van der Waals surface area (Å²) in [6, 6.07) is 9.57. The standard InChI is InChI=1S/C24H28F2N6O/c1-17-8-21(28-24-27-16-32(29-24)23-11-19(25)10-20(26)12-23)13-22(9-17)31-5-3-30(4-6-31)14-18-2-7-33-15-18/h8-13,16,18H,2-7,14-15H2,1H3,(H,28,29). The second-order valence-electron chi connectivity index (χ2n) is 8.84. The first kappa shape index (κ1) is 21.8. The number of ether oxygens (including phenoxy) is 1. The fourth-order valence-electron chi connectivity index (χ4n) is 4.54. The number of nitrogens with one attached hydrogen (secondary N) is 1. The second kappa shape index (κ2) is 9.44. The third kappa shape index (κ3) is 5.31. The lowest BCUT2D eigenvalue weighted by Crippen LogP contribution is -2.47. The first-order valence-electron chi connectivity index (χ1n) is 11.3. The van der Waals surface area contributed by atoms with Crippen molar-refractivity contribution in [3.8, 4) is 5.69 Å². The van der Waals surface area contributed by atoms with Crippen LogP contribution in [0.4, 0.5) is 26.1 Å². The van der Waals surface area contributed by atoms with E-state index < -0.39 is 11.6 Å². The molecule has 2 aliphatic rings. The van der Waals surface area contributed by atoms with Crippen LogP contribution in [0.25, 0.3) is 5.69 Å². The first-order chi connectivity index (χ1) is 16.0. The maximum absolute atomic E-state index is 13.5. The highest BCUT2D eigenvalue weighted by Crippen LogP contribution is 2.26. The highest BCUT2D eigenvalue weighted by atomic mass is 19.1. The number of piperazine rings is 1. The van der Waals surface area contributed by atoms with Crippen LogP contribution in [0.3, 0.4) is 0 Å². The molecule has 0 spiro atoms. The van der Waals surface area contributed by atoms with Gasteiger partial charge in [-0.1, -0.05) is 0 Å². The molecule has 1 N–H and O–H groups in total. The van der Waals surface area contributed by atoms with Crippen molar-refractivity contribution in [1.82, 2.24) is 19.7 Å². The van der Waals surface area contributed by atoms with E-state index in [0.717, 1.165) is 68.9 Å². The fourth-order valence-corrected chi connectivity index (χ4v) is 4.54. The van der Waals surface area contributed by atoms with Crippen LogP contribution < -0.4 is 10.2 Å². The summed E-state index contributed by atoms with van der Waals surface area (Å²) >= 11 is 0. The van der Waals surface area contributed by atoms with E-state index in [9.17, 15) is 8.78 Å². The van der Waals surface area contributed by atoms with Gasteiger partial charge in [0, 0.05) is 56.8 Å². The predicted molar refractivity (Wildman–Crippen MR) is 123 cm³/mol. The van der Waals surface area contributed by atoms with Crippen LogP contribution in [0.15, 0.2) is 42.7 Å². The number of halogens is 2. The van der Waals surface area contributed by atoms with Crippen LogP contribution in [0, 0.1) is 24.5 Å². The van der Waals surface area contributed by atoms with Gasteiger partial charge in [0.25, 0.3) is 0 Å². The van der Waals surface area contributed by atoms with E-state index in [1.807, 2.05) is 6.07 Å². The third-order valence-electron chi connectivity index (χ3n) is 6.20. The number of nitrogens with zero attached hydrogens (tertiary/aromatic N) is 5. The molecule has 2 saturated heterocycles. The van der Waals surface area contributed by atoms with Gasteiger partial charge in [0.15, 0.2) is 0 Å². The molecular formula is C24H28F2N6O. The molecule has 7 nitrogen and oxygen atoms in total. The number of hydrogen-bond donors (Lipinski definition) is 1. The number of anilines is 3. The summed E-state index contributed by atoms with van der Waals surface area (Å²) in [6.07, 6.45) is 2.60. The molecule has 0 bridgehead atoms. The predicted octanol–water partition coefficient (Wildman–Crippen LogP) is 3.76. The maximum atomic E-state index is 13.5. The maximum Gasteiger partial charge on any atom is 0.246 e. The van der Waals surface area contributed by atoms with Gasteiger partial charge in [-0.3, -0.25) is 4.90 Å². The van der Waals surface area contributed by atoms with Crippen LogP contribution in [0.5, 0.6) is 0 Å². The lowest BCUT2D eigenvalue weighted by molar-refractivity contribution is 0.164. The van der Waals surface area contributed by atoms with Gasteiger partial charge in [0.05, 0.1) is 12.3 Å². The van der Waals surface area contributed by atoms with Crippen molar-refractivity contribution >= 4 is 17.3 Å². The Morgan fingerprint density at radius 1 is 1.00 bits per heavy atom. The van der Waals surface area contributed by atoms with E-state index >= 15 is 0 Å². The van der Waals surface area contributed by atoms with Crippen molar-refractivity contribution in [3.05, 3.63) is 59.9 Å². The van der Waals surface area contributed by atoms with Crippen LogP contribution in [0.1, 0.15) is 12.0 Å². The summed E-state index contributed by atoms with van der Waals surface area (Å²) in [5.41, 5.74) is 3.44. The van der Waals surface area contributed by atoms with Crippen molar-refractivity contribution in [1.29, 1.82) is 0 Å². The number of aryl methyl sites for hydroxylation is 1. The molecule has 9 heteroatoms. The van der Waals surface area contributed by atoms with E-state index in [1.54, 1.807) is 0 Å². The van der Waals surface area contributed by atoms with Crippen molar-refractivity contribution in [2.24, 2.45) is 5.92 Å². The zero-order chi connectivity index (χ0) is 22.8. The minimum absolute atomic E-state index is 0.278. The topological polar surface area (TPSA) is 58.5 Å². The number of benzene rings is 2. The van der Waals surface area contributed by atoms with Crippen LogP contribution in [0.2, 0.25) is 0 Å². The lowest BCUT2D eigenvalue weighted by atomic mass is 10.1. The number of hydrogen-bond acceptors (Lipinski definition) is 6. The molecule has 2 aliphatic heterocycles. The van der Waals surface area contributed by atoms with Crippen molar-refractivity contribution in [2.75, 3.05) is 56.2 Å². The molecule has 2 fully saturated rings. The lowest BCUT2D eigenvalue weighted by Gasteiger charge is -2.37. The molecule has 1 unspecified atom stereocenters. The van der Waals surface area contributed by atoms with Gasteiger partial charge in [0.1, 0.15) is 18.0 Å². The molecule has 3 heterocycles. The highest BCUT2D eigenvalue weighted by molar-refractivity contribution is 5.64. The van der Waals surface area contributed by atoms with Gasteiger partial charge < -0.3 is 15.0 Å². The summed E-state index contributed by atoms with van der Waals surface area (Å²) in [5, 5.41) is 7.54. The Morgan fingerprint density at radius 3 is 2.52 bits per heavy atom. The molecule has 1 aromatic heterocycles. The summed E-state index contributed by atoms with van der Waals surface area (Å²) in [7, 11) is 0. The monoisotopic (exact) mass is 454 g/mol. The minimum Gasteiger partial charge on any atom is -0.381 e. The fraction of sp³-hybridized carbons (Fsp3) is 0.417. The van der Waals surface area contributed by atoms with Gasteiger partial charge in [-0.15, -0.1) is 5.10 Å². The van der Waals surface area contributed by atoms with Gasteiger partial charge >= 0.3 is 0 Å². The number of rotatable bonds is 6. The highest BCUT2D eigenvalue weighted by Gasteiger charge is 2.23. The molecule has 0 aliphatic carbocycles. The molecule has 1 atom stereocenters. The second-order valence-corrected chi connectivity index (χ2v) is 8.84. The van der Waals surface area contributed by atoms with E-state index in [1.165, 1.54) is 29.6 Å². The Kier molecular flexibility index (Phi) is 6.24. The zero-order valence-corrected chi connectivity index (χ0v) is 18.7. The Morgan fingerprint density at radius 2 is 1.79 bits per heavy atom. The van der Waals surface area contributed by atoms with E-state index in [-0.39, 0.29) is 5.69 Å². The quantitative estimate of drug-likeness (QED) is 0.612. The Balaban J connectivity index is 1.24. The first-order valence-corrected chi connectivity index (χ1v) is 11.3. The Labute approximate surface area is 192 Å². The third-order valence-corrected chi connectivity index (χ3v) is 6.20. The van der Waals surface area contributed by atoms with E-state index in [2.05, 4.69) is 44.3 Å². The molecular weight excluding hydrogens is 426 g/mol. The average Bonchev–Trinajstić information content (AvgIpc) is 3.45. The molecule has 3 aromatic rings. The normalized spacial score (nSPS) is 19.2.